The van der Waals surface area contributed by atoms with Crippen molar-refractivity contribution in [2.45, 2.75) is 0 Å². The van der Waals surface area contributed by atoms with E-state index in [1.807, 2.05) is 12.1 Å². The molecule has 0 unspecified atom stereocenters. The van der Waals surface area contributed by atoms with E-state index in [1.165, 1.54) is 6.07 Å². The largest absolute Gasteiger partial charge is 0.496 e. The van der Waals surface area contributed by atoms with Gasteiger partial charge in [0.2, 0.25) is 0 Å². The molecule has 0 heterocycles. The quantitative estimate of drug-likeness (QED) is 0.750. The van der Waals surface area contributed by atoms with E-state index in [0.29, 0.717) is 11.3 Å². The van der Waals surface area contributed by atoms with Crippen molar-refractivity contribution in [3.63, 3.8) is 0 Å². The predicted molar refractivity (Wildman–Crippen MR) is 58.3 cm³/mol. The number of hydrogen-bond acceptors (Lipinski definition) is 1. The van der Waals surface area contributed by atoms with Crippen LogP contribution in [0, 0.1) is 11.6 Å². The van der Waals surface area contributed by atoms with E-state index in [-0.39, 0.29) is 0 Å². The van der Waals surface area contributed by atoms with Crippen LogP contribution in [0.4, 0.5) is 8.78 Å². The zero-order valence-corrected chi connectivity index (χ0v) is 8.71. The minimum absolute atomic E-state index is 0.594. The smallest absolute Gasteiger partial charge is 0.159 e. The molecule has 0 aromatic heterocycles. The lowest BCUT2D eigenvalue weighted by atomic mass is 10.0. The molecule has 0 spiro atoms. The lowest BCUT2D eigenvalue weighted by Gasteiger charge is -2.08. The molecule has 2 aromatic carbocycles. The Bertz CT molecular complexity index is 509. The summed E-state index contributed by atoms with van der Waals surface area (Å²) in [6, 6.07) is 11.0. The maximum atomic E-state index is 13.1. The van der Waals surface area contributed by atoms with Gasteiger partial charge in [-0.3, -0.25) is 0 Å². The standard InChI is InChI=1S/C13H10F2O/c1-16-13-5-3-2-4-10(13)9-6-7-11(14)12(15)8-9/h2-8H,1H3. The number of rotatable bonds is 2. The molecule has 16 heavy (non-hydrogen) atoms. The highest BCUT2D eigenvalue weighted by Crippen LogP contribution is 2.30. The number of para-hydroxylation sites is 1. The molecule has 0 radical (unpaired) electrons. The molecule has 0 aliphatic heterocycles. The van der Waals surface area contributed by atoms with E-state index < -0.39 is 11.6 Å². The van der Waals surface area contributed by atoms with E-state index in [9.17, 15) is 8.78 Å². The molecule has 0 amide bonds. The summed E-state index contributed by atoms with van der Waals surface area (Å²) in [6.07, 6.45) is 0. The lowest BCUT2D eigenvalue weighted by molar-refractivity contribution is 0.416. The highest BCUT2D eigenvalue weighted by Gasteiger charge is 2.08. The molecule has 0 saturated carbocycles. The monoisotopic (exact) mass is 220 g/mol. The summed E-state index contributed by atoms with van der Waals surface area (Å²) in [6.45, 7) is 0. The molecular weight excluding hydrogens is 210 g/mol. The van der Waals surface area contributed by atoms with Crippen LogP contribution in [-0.2, 0) is 0 Å². The number of ether oxygens (including phenoxy) is 1. The second-order valence-corrected chi connectivity index (χ2v) is 3.33. The van der Waals surface area contributed by atoms with Gasteiger partial charge in [0, 0.05) is 5.56 Å². The van der Waals surface area contributed by atoms with Gasteiger partial charge in [-0.25, -0.2) is 8.78 Å². The summed E-state index contributed by atoms with van der Waals surface area (Å²) in [7, 11) is 1.54. The van der Waals surface area contributed by atoms with Crippen LogP contribution in [0.15, 0.2) is 42.5 Å². The van der Waals surface area contributed by atoms with Gasteiger partial charge in [0.25, 0.3) is 0 Å². The van der Waals surface area contributed by atoms with E-state index >= 15 is 0 Å². The topological polar surface area (TPSA) is 9.23 Å². The summed E-state index contributed by atoms with van der Waals surface area (Å²) < 4.78 is 31.0. The Labute approximate surface area is 92.3 Å². The number of hydrogen-bond donors (Lipinski definition) is 0. The summed E-state index contributed by atoms with van der Waals surface area (Å²) in [5.74, 6) is -1.07. The molecule has 0 aliphatic carbocycles. The average molecular weight is 220 g/mol. The fraction of sp³-hybridized carbons (Fsp3) is 0.0769. The fourth-order valence-corrected chi connectivity index (χ4v) is 1.55. The summed E-state index contributed by atoms with van der Waals surface area (Å²) in [5.41, 5.74) is 1.33. The van der Waals surface area contributed by atoms with E-state index in [2.05, 4.69) is 0 Å². The normalized spacial score (nSPS) is 10.2. The molecule has 3 heteroatoms. The Morgan fingerprint density at radius 2 is 1.69 bits per heavy atom. The first-order valence-electron chi connectivity index (χ1n) is 4.81. The first kappa shape index (κ1) is 10.6. The van der Waals surface area contributed by atoms with Gasteiger partial charge in [-0.15, -0.1) is 0 Å². The van der Waals surface area contributed by atoms with Crippen LogP contribution in [0.25, 0.3) is 11.1 Å². The van der Waals surface area contributed by atoms with Crippen molar-refractivity contribution in [3.05, 3.63) is 54.1 Å². The molecule has 82 valence electrons. The maximum Gasteiger partial charge on any atom is 0.159 e. The highest BCUT2D eigenvalue weighted by atomic mass is 19.2. The molecule has 0 atom stereocenters. The second kappa shape index (κ2) is 4.31. The van der Waals surface area contributed by atoms with Crippen molar-refractivity contribution in [3.8, 4) is 16.9 Å². The fourth-order valence-electron chi connectivity index (χ4n) is 1.55. The van der Waals surface area contributed by atoms with Gasteiger partial charge in [0.1, 0.15) is 5.75 Å². The van der Waals surface area contributed by atoms with E-state index in [0.717, 1.165) is 17.7 Å². The third-order valence-corrected chi connectivity index (χ3v) is 2.34. The minimum atomic E-state index is -0.858. The third-order valence-electron chi connectivity index (χ3n) is 2.34. The van der Waals surface area contributed by atoms with E-state index in [4.69, 9.17) is 4.74 Å². The zero-order valence-electron chi connectivity index (χ0n) is 8.71. The Hall–Kier alpha value is -1.90. The van der Waals surface area contributed by atoms with Crippen LogP contribution >= 0.6 is 0 Å². The van der Waals surface area contributed by atoms with Gasteiger partial charge in [0.05, 0.1) is 7.11 Å². The van der Waals surface area contributed by atoms with Crippen LogP contribution in [0.2, 0.25) is 0 Å². The van der Waals surface area contributed by atoms with Gasteiger partial charge in [-0.2, -0.15) is 0 Å². The maximum absolute atomic E-state index is 13.1. The molecule has 0 aliphatic rings. The Morgan fingerprint density at radius 3 is 2.38 bits per heavy atom. The Morgan fingerprint density at radius 1 is 0.938 bits per heavy atom. The van der Waals surface area contributed by atoms with Gasteiger partial charge < -0.3 is 4.74 Å². The summed E-state index contributed by atoms with van der Waals surface area (Å²) >= 11 is 0. The Balaban J connectivity index is 2.54. The second-order valence-electron chi connectivity index (χ2n) is 3.33. The minimum Gasteiger partial charge on any atom is -0.496 e. The molecular formula is C13H10F2O. The summed E-state index contributed by atoms with van der Waals surface area (Å²) in [4.78, 5) is 0. The predicted octanol–water partition coefficient (Wildman–Crippen LogP) is 3.64. The highest BCUT2D eigenvalue weighted by molar-refractivity contribution is 5.70. The Kier molecular flexibility index (Phi) is 2.86. The average Bonchev–Trinajstić information content (AvgIpc) is 2.32. The van der Waals surface area contributed by atoms with Crippen molar-refractivity contribution in [1.82, 2.24) is 0 Å². The summed E-state index contributed by atoms with van der Waals surface area (Å²) in [5, 5.41) is 0. The molecule has 2 aromatic rings. The van der Waals surface area contributed by atoms with Crippen molar-refractivity contribution >= 4 is 0 Å². The van der Waals surface area contributed by atoms with Crippen LogP contribution in [0.5, 0.6) is 5.75 Å². The first-order valence-corrected chi connectivity index (χ1v) is 4.81. The van der Waals surface area contributed by atoms with Crippen LogP contribution < -0.4 is 4.74 Å². The van der Waals surface area contributed by atoms with Gasteiger partial charge >= 0.3 is 0 Å². The number of benzene rings is 2. The van der Waals surface area contributed by atoms with Crippen molar-refractivity contribution in [2.75, 3.05) is 7.11 Å². The van der Waals surface area contributed by atoms with Crippen LogP contribution in [0.3, 0.4) is 0 Å². The molecule has 1 nitrogen and oxygen atoms in total. The first-order chi connectivity index (χ1) is 7.72. The van der Waals surface area contributed by atoms with Gasteiger partial charge in [-0.1, -0.05) is 24.3 Å². The van der Waals surface area contributed by atoms with Crippen molar-refractivity contribution in [2.24, 2.45) is 0 Å². The van der Waals surface area contributed by atoms with Crippen LogP contribution in [-0.4, -0.2) is 7.11 Å². The molecule has 0 fully saturated rings. The molecule has 2 rings (SSSR count). The van der Waals surface area contributed by atoms with E-state index in [1.54, 1.807) is 19.2 Å². The SMILES string of the molecule is COc1ccccc1-c1ccc(F)c(F)c1. The molecule has 0 saturated heterocycles. The van der Waals surface area contributed by atoms with Crippen molar-refractivity contribution < 1.29 is 13.5 Å². The molecule has 0 bridgehead atoms. The number of methoxy groups -OCH3 is 1. The molecule has 0 N–H and O–H groups in total. The number of halogens is 2. The van der Waals surface area contributed by atoms with Gasteiger partial charge in [-0.05, 0) is 23.8 Å². The lowest BCUT2D eigenvalue weighted by Crippen LogP contribution is -1.89. The van der Waals surface area contributed by atoms with Crippen LogP contribution in [0.1, 0.15) is 0 Å². The third kappa shape index (κ3) is 1.89. The zero-order chi connectivity index (χ0) is 11.5. The van der Waals surface area contributed by atoms with Gasteiger partial charge in [0.15, 0.2) is 11.6 Å². The van der Waals surface area contributed by atoms with Crippen molar-refractivity contribution in [1.29, 1.82) is 0 Å².